The molecule has 0 bridgehead atoms. The lowest BCUT2D eigenvalue weighted by Gasteiger charge is -2.35. The number of amides is 1. The molecule has 0 radical (unpaired) electrons. The molecule has 1 fully saturated rings. The van der Waals surface area contributed by atoms with E-state index in [1.54, 1.807) is 6.07 Å². The lowest BCUT2D eigenvalue weighted by atomic mass is 10.1. The van der Waals surface area contributed by atoms with Crippen molar-refractivity contribution < 1.29 is 9.18 Å². The standard InChI is InChI=1S/C23H24FN3O/c1-16-5-3-4-6-19(16)15-26-9-11-27(12-10-26)23(28)21-13-18-7-8-20(24)14-22(18)25-17(21)2/h3-8,13-14H,9-12,15H2,1-2H3. The van der Waals surface area contributed by atoms with Gasteiger partial charge in [0.05, 0.1) is 16.8 Å². The van der Waals surface area contributed by atoms with E-state index in [2.05, 4.69) is 41.1 Å². The summed E-state index contributed by atoms with van der Waals surface area (Å²) in [5, 5.41) is 0.786. The summed E-state index contributed by atoms with van der Waals surface area (Å²) in [6, 6.07) is 14.7. The Morgan fingerprint density at radius 1 is 1.04 bits per heavy atom. The molecule has 28 heavy (non-hydrogen) atoms. The van der Waals surface area contributed by atoms with Crippen molar-refractivity contribution >= 4 is 16.8 Å². The summed E-state index contributed by atoms with van der Waals surface area (Å²) in [6.07, 6.45) is 0. The van der Waals surface area contributed by atoms with Gasteiger partial charge in [0.25, 0.3) is 5.91 Å². The number of aromatic nitrogens is 1. The molecule has 1 aromatic heterocycles. The van der Waals surface area contributed by atoms with Crippen molar-refractivity contribution in [2.24, 2.45) is 0 Å². The first-order valence-electron chi connectivity index (χ1n) is 9.64. The van der Waals surface area contributed by atoms with Crippen LogP contribution in [0.25, 0.3) is 10.9 Å². The van der Waals surface area contributed by atoms with Crippen LogP contribution in [0.2, 0.25) is 0 Å². The summed E-state index contributed by atoms with van der Waals surface area (Å²) in [5.41, 5.74) is 4.47. The topological polar surface area (TPSA) is 36.4 Å². The third kappa shape index (κ3) is 3.76. The summed E-state index contributed by atoms with van der Waals surface area (Å²) in [4.78, 5) is 21.8. The molecular weight excluding hydrogens is 353 g/mol. The Morgan fingerprint density at radius 2 is 1.79 bits per heavy atom. The van der Waals surface area contributed by atoms with E-state index in [-0.39, 0.29) is 11.7 Å². The van der Waals surface area contributed by atoms with E-state index in [9.17, 15) is 9.18 Å². The number of carbonyl (C=O) groups excluding carboxylic acids is 1. The van der Waals surface area contributed by atoms with Crippen molar-refractivity contribution in [3.63, 3.8) is 0 Å². The van der Waals surface area contributed by atoms with Crippen molar-refractivity contribution in [1.82, 2.24) is 14.8 Å². The Labute approximate surface area is 164 Å². The molecule has 4 nitrogen and oxygen atoms in total. The van der Waals surface area contributed by atoms with Crippen LogP contribution in [0.1, 0.15) is 27.2 Å². The zero-order valence-corrected chi connectivity index (χ0v) is 16.3. The van der Waals surface area contributed by atoms with Gasteiger partial charge in [-0.1, -0.05) is 24.3 Å². The number of hydrogen-bond donors (Lipinski definition) is 0. The molecule has 5 heteroatoms. The van der Waals surface area contributed by atoms with E-state index in [0.29, 0.717) is 29.9 Å². The van der Waals surface area contributed by atoms with E-state index in [4.69, 9.17) is 0 Å². The zero-order valence-electron chi connectivity index (χ0n) is 16.3. The fourth-order valence-electron chi connectivity index (χ4n) is 3.76. The molecule has 144 valence electrons. The lowest BCUT2D eigenvalue weighted by molar-refractivity contribution is 0.0627. The molecular formula is C23H24FN3O. The van der Waals surface area contributed by atoms with E-state index in [0.717, 1.165) is 25.0 Å². The van der Waals surface area contributed by atoms with Crippen LogP contribution in [0.15, 0.2) is 48.5 Å². The molecule has 0 saturated carbocycles. The van der Waals surface area contributed by atoms with Crippen LogP contribution in [0, 0.1) is 19.7 Å². The average molecular weight is 377 g/mol. The van der Waals surface area contributed by atoms with Gasteiger partial charge in [0.1, 0.15) is 5.82 Å². The largest absolute Gasteiger partial charge is 0.336 e. The first-order chi connectivity index (χ1) is 13.5. The van der Waals surface area contributed by atoms with Gasteiger partial charge in [0.15, 0.2) is 0 Å². The first-order valence-corrected chi connectivity index (χ1v) is 9.64. The van der Waals surface area contributed by atoms with Gasteiger partial charge in [-0.3, -0.25) is 14.7 Å². The second-order valence-electron chi connectivity index (χ2n) is 7.45. The summed E-state index contributed by atoms with van der Waals surface area (Å²) >= 11 is 0. The quantitative estimate of drug-likeness (QED) is 0.693. The number of aryl methyl sites for hydroxylation is 2. The van der Waals surface area contributed by atoms with E-state index in [1.165, 1.54) is 23.3 Å². The molecule has 1 aliphatic heterocycles. The van der Waals surface area contributed by atoms with Crippen LogP contribution in [0.4, 0.5) is 4.39 Å². The minimum absolute atomic E-state index is 0.00627. The minimum atomic E-state index is -0.316. The molecule has 0 N–H and O–H groups in total. The van der Waals surface area contributed by atoms with Gasteiger partial charge in [-0.2, -0.15) is 0 Å². The van der Waals surface area contributed by atoms with Crippen molar-refractivity contribution in [2.75, 3.05) is 26.2 Å². The smallest absolute Gasteiger partial charge is 0.255 e. The maximum absolute atomic E-state index is 13.4. The van der Waals surface area contributed by atoms with E-state index < -0.39 is 0 Å². The van der Waals surface area contributed by atoms with Crippen LogP contribution in [0.5, 0.6) is 0 Å². The van der Waals surface area contributed by atoms with Gasteiger partial charge in [-0.25, -0.2) is 4.39 Å². The molecule has 4 rings (SSSR count). The fraction of sp³-hybridized carbons (Fsp3) is 0.304. The zero-order chi connectivity index (χ0) is 19.7. The fourth-order valence-corrected chi connectivity index (χ4v) is 3.76. The highest BCUT2D eigenvalue weighted by atomic mass is 19.1. The number of piperazine rings is 1. The van der Waals surface area contributed by atoms with Crippen LogP contribution < -0.4 is 0 Å². The molecule has 1 amide bonds. The second kappa shape index (κ2) is 7.68. The molecule has 1 aliphatic rings. The van der Waals surface area contributed by atoms with Crippen molar-refractivity contribution in [1.29, 1.82) is 0 Å². The average Bonchev–Trinajstić information content (AvgIpc) is 2.69. The number of halogens is 1. The number of pyridine rings is 1. The maximum atomic E-state index is 13.4. The Balaban J connectivity index is 1.45. The van der Waals surface area contributed by atoms with Crippen molar-refractivity contribution in [3.8, 4) is 0 Å². The van der Waals surface area contributed by atoms with Gasteiger partial charge in [-0.15, -0.1) is 0 Å². The highest BCUT2D eigenvalue weighted by molar-refractivity contribution is 5.98. The van der Waals surface area contributed by atoms with Crippen molar-refractivity contribution in [3.05, 3.63) is 76.7 Å². The first kappa shape index (κ1) is 18.6. The third-order valence-electron chi connectivity index (χ3n) is 5.52. The predicted molar refractivity (Wildman–Crippen MR) is 109 cm³/mol. The Morgan fingerprint density at radius 3 is 2.54 bits per heavy atom. The minimum Gasteiger partial charge on any atom is -0.336 e. The SMILES string of the molecule is Cc1ccccc1CN1CCN(C(=O)c2cc3ccc(F)cc3nc2C)CC1. The van der Waals surface area contributed by atoms with Crippen LogP contribution >= 0.6 is 0 Å². The molecule has 0 aliphatic carbocycles. The Hall–Kier alpha value is -2.79. The summed E-state index contributed by atoms with van der Waals surface area (Å²) in [6.45, 7) is 7.97. The Bertz CT molecular complexity index is 1030. The number of carbonyl (C=O) groups is 1. The van der Waals surface area contributed by atoms with E-state index >= 15 is 0 Å². The maximum Gasteiger partial charge on any atom is 0.255 e. The van der Waals surface area contributed by atoms with Gasteiger partial charge in [0.2, 0.25) is 0 Å². The predicted octanol–water partition coefficient (Wildman–Crippen LogP) is 3.95. The molecule has 0 unspecified atom stereocenters. The molecule has 1 saturated heterocycles. The Kier molecular flexibility index (Phi) is 5.09. The number of hydrogen-bond acceptors (Lipinski definition) is 3. The summed E-state index contributed by atoms with van der Waals surface area (Å²) < 4.78 is 13.4. The third-order valence-corrected chi connectivity index (χ3v) is 5.52. The van der Waals surface area contributed by atoms with Crippen LogP contribution in [-0.4, -0.2) is 46.9 Å². The molecule has 3 aromatic rings. The molecule has 2 heterocycles. The number of benzene rings is 2. The monoisotopic (exact) mass is 377 g/mol. The summed E-state index contributed by atoms with van der Waals surface area (Å²) in [5.74, 6) is -0.310. The highest BCUT2D eigenvalue weighted by Gasteiger charge is 2.24. The number of fused-ring (bicyclic) bond motifs is 1. The normalized spacial score (nSPS) is 15.2. The number of rotatable bonds is 3. The van der Waals surface area contributed by atoms with Crippen molar-refractivity contribution in [2.45, 2.75) is 20.4 Å². The molecule has 0 atom stereocenters. The van der Waals surface area contributed by atoms with Gasteiger partial charge >= 0.3 is 0 Å². The van der Waals surface area contributed by atoms with Gasteiger partial charge in [-0.05, 0) is 43.2 Å². The lowest BCUT2D eigenvalue weighted by Crippen LogP contribution is -2.48. The van der Waals surface area contributed by atoms with Gasteiger partial charge < -0.3 is 4.90 Å². The van der Waals surface area contributed by atoms with Crippen LogP contribution in [0.3, 0.4) is 0 Å². The van der Waals surface area contributed by atoms with Crippen LogP contribution in [-0.2, 0) is 6.54 Å². The van der Waals surface area contributed by atoms with E-state index in [1.807, 2.05) is 17.9 Å². The highest BCUT2D eigenvalue weighted by Crippen LogP contribution is 2.20. The summed E-state index contributed by atoms with van der Waals surface area (Å²) in [7, 11) is 0. The molecule has 0 spiro atoms. The van der Waals surface area contributed by atoms with Gasteiger partial charge in [0, 0.05) is 44.2 Å². The molecule has 2 aromatic carbocycles. The number of nitrogens with zero attached hydrogens (tertiary/aromatic N) is 3. The second-order valence-corrected chi connectivity index (χ2v) is 7.45.